The normalized spacial score (nSPS) is 12.5. The van der Waals surface area contributed by atoms with E-state index in [-0.39, 0.29) is 31.2 Å². The standard InChI is InChI=1S/C18H19N5O4/c1-22-17-13(9-21-22)18(25)23(10-20-17)7-5-16(24)19-6-4-12-2-3-14-15(8-12)27-11-26-14/h2-3,8-10H,4-7,11H2,1H3,(H,19,24). The summed E-state index contributed by atoms with van der Waals surface area (Å²) in [4.78, 5) is 28.6. The van der Waals surface area contributed by atoms with Crippen molar-refractivity contribution in [1.82, 2.24) is 24.6 Å². The van der Waals surface area contributed by atoms with Gasteiger partial charge in [-0.2, -0.15) is 5.10 Å². The molecule has 1 aliphatic heterocycles. The second kappa shape index (κ2) is 7.10. The van der Waals surface area contributed by atoms with Crippen LogP contribution in [0.3, 0.4) is 0 Å². The maximum Gasteiger partial charge on any atom is 0.264 e. The fourth-order valence-electron chi connectivity index (χ4n) is 2.98. The van der Waals surface area contributed by atoms with E-state index in [2.05, 4.69) is 15.4 Å². The molecule has 1 aromatic carbocycles. The van der Waals surface area contributed by atoms with E-state index in [0.29, 0.717) is 24.0 Å². The third-order valence-electron chi connectivity index (χ3n) is 4.47. The Kier molecular flexibility index (Phi) is 4.49. The van der Waals surface area contributed by atoms with Crippen LogP contribution in [0.2, 0.25) is 0 Å². The summed E-state index contributed by atoms with van der Waals surface area (Å²) in [6, 6.07) is 5.74. The molecule has 0 saturated carbocycles. The predicted molar refractivity (Wildman–Crippen MR) is 96.7 cm³/mol. The fourth-order valence-corrected chi connectivity index (χ4v) is 2.98. The summed E-state index contributed by atoms with van der Waals surface area (Å²) in [6.45, 7) is 1.02. The lowest BCUT2D eigenvalue weighted by atomic mass is 10.1. The van der Waals surface area contributed by atoms with Gasteiger partial charge in [0.2, 0.25) is 12.7 Å². The Balaban J connectivity index is 1.29. The van der Waals surface area contributed by atoms with Gasteiger partial charge in [0, 0.05) is 26.6 Å². The highest BCUT2D eigenvalue weighted by molar-refractivity contribution is 5.76. The van der Waals surface area contributed by atoms with Gasteiger partial charge in [-0.05, 0) is 24.1 Å². The molecule has 0 saturated heterocycles. The van der Waals surface area contributed by atoms with Crippen molar-refractivity contribution in [1.29, 1.82) is 0 Å². The van der Waals surface area contributed by atoms with Crippen molar-refractivity contribution in [3.8, 4) is 11.5 Å². The molecule has 0 bridgehead atoms. The number of carbonyl (C=O) groups is 1. The quantitative estimate of drug-likeness (QED) is 0.683. The average molecular weight is 369 g/mol. The second-order valence-electron chi connectivity index (χ2n) is 6.29. The topological polar surface area (TPSA) is 100 Å². The smallest absolute Gasteiger partial charge is 0.264 e. The Hall–Kier alpha value is -3.36. The number of ether oxygens (including phenoxy) is 2. The fraction of sp³-hybridized carbons (Fsp3) is 0.333. The van der Waals surface area contributed by atoms with Crippen LogP contribution in [-0.2, 0) is 24.8 Å². The average Bonchev–Trinajstić information content (AvgIpc) is 3.28. The van der Waals surface area contributed by atoms with Crippen molar-refractivity contribution < 1.29 is 14.3 Å². The van der Waals surface area contributed by atoms with Crippen LogP contribution < -0.4 is 20.3 Å². The molecule has 0 radical (unpaired) electrons. The van der Waals surface area contributed by atoms with Crippen LogP contribution in [0.1, 0.15) is 12.0 Å². The summed E-state index contributed by atoms with van der Waals surface area (Å²) in [5.74, 6) is 1.36. The van der Waals surface area contributed by atoms with E-state index in [1.165, 1.54) is 17.1 Å². The van der Waals surface area contributed by atoms with Gasteiger partial charge in [0.05, 0.1) is 12.5 Å². The van der Waals surface area contributed by atoms with E-state index >= 15 is 0 Å². The monoisotopic (exact) mass is 369 g/mol. The first-order chi connectivity index (χ1) is 13.1. The van der Waals surface area contributed by atoms with Crippen LogP contribution in [0.15, 0.2) is 35.5 Å². The zero-order valence-corrected chi connectivity index (χ0v) is 14.8. The summed E-state index contributed by atoms with van der Waals surface area (Å²) in [7, 11) is 1.73. The van der Waals surface area contributed by atoms with Gasteiger partial charge in [-0.15, -0.1) is 0 Å². The Bertz CT molecular complexity index is 1060. The molecule has 0 spiro atoms. The molecule has 27 heavy (non-hydrogen) atoms. The Morgan fingerprint density at radius 2 is 2.15 bits per heavy atom. The van der Waals surface area contributed by atoms with Crippen LogP contribution in [0.25, 0.3) is 11.0 Å². The second-order valence-corrected chi connectivity index (χ2v) is 6.29. The SMILES string of the molecule is Cn1ncc2c(=O)n(CCC(=O)NCCc3ccc4c(c3)OCO4)cnc21. The van der Waals surface area contributed by atoms with E-state index in [1.807, 2.05) is 18.2 Å². The molecule has 1 amide bonds. The molecule has 3 aromatic rings. The van der Waals surface area contributed by atoms with Gasteiger partial charge in [-0.3, -0.25) is 18.8 Å². The zero-order chi connectivity index (χ0) is 18.8. The van der Waals surface area contributed by atoms with Gasteiger partial charge in [-0.1, -0.05) is 6.07 Å². The van der Waals surface area contributed by atoms with Gasteiger partial charge in [-0.25, -0.2) is 4.98 Å². The van der Waals surface area contributed by atoms with Crippen molar-refractivity contribution in [3.63, 3.8) is 0 Å². The number of carbonyl (C=O) groups excluding carboxylic acids is 1. The molecule has 140 valence electrons. The lowest BCUT2D eigenvalue weighted by molar-refractivity contribution is -0.121. The third kappa shape index (κ3) is 3.48. The maximum absolute atomic E-state index is 12.4. The number of aryl methyl sites for hydroxylation is 2. The molecule has 1 N–H and O–H groups in total. The van der Waals surface area contributed by atoms with Crippen molar-refractivity contribution in [2.45, 2.75) is 19.4 Å². The van der Waals surface area contributed by atoms with Crippen LogP contribution >= 0.6 is 0 Å². The minimum atomic E-state index is -0.193. The van der Waals surface area contributed by atoms with Crippen LogP contribution in [0.4, 0.5) is 0 Å². The van der Waals surface area contributed by atoms with Crippen LogP contribution in [-0.4, -0.2) is 38.6 Å². The Morgan fingerprint density at radius 3 is 3.04 bits per heavy atom. The molecule has 0 fully saturated rings. The van der Waals surface area contributed by atoms with Crippen LogP contribution in [0.5, 0.6) is 11.5 Å². The lowest BCUT2D eigenvalue weighted by Gasteiger charge is -2.07. The molecular formula is C18H19N5O4. The van der Waals surface area contributed by atoms with Crippen LogP contribution in [0, 0.1) is 0 Å². The number of amides is 1. The van der Waals surface area contributed by atoms with E-state index in [0.717, 1.165) is 17.1 Å². The number of nitrogens with one attached hydrogen (secondary N) is 1. The summed E-state index contributed by atoms with van der Waals surface area (Å²) in [6.07, 6.45) is 3.83. The molecule has 2 aromatic heterocycles. The molecule has 0 unspecified atom stereocenters. The molecule has 0 atom stereocenters. The summed E-state index contributed by atoms with van der Waals surface area (Å²) in [5.41, 5.74) is 1.40. The number of hydrogen-bond donors (Lipinski definition) is 1. The predicted octanol–water partition coefficient (Wildman–Crippen LogP) is 0.608. The number of nitrogens with zero attached hydrogens (tertiary/aromatic N) is 4. The maximum atomic E-state index is 12.4. The summed E-state index contributed by atoms with van der Waals surface area (Å²) < 4.78 is 13.6. The van der Waals surface area contributed by atoms with Gasteiger partial charge in [0.25, 0.3) is 5.56 Å². The molecule has 4 rings (SSSR count). The summed E-state index contributed by atoms with van der Waals surface area (Å²) >= 11 is 0. The highest BCUT2D eigenvalue weighted by Crippen LogP contribution is 2.32. The van der Waals surface area contributed by atoms with Gasteiger partial charge >= 0.3 is 0 Å². The van der Waals surface area contributed by atoms with Crippen molar-refractivity contribution in [3.05, 3.63) is 46.6 Å². The minimum absolute atomic E-state index is 0.117. The number of rotatable bonds is 6. The number of aromatic nitrogens is 4. The molecule has 3 heterocycles. The van der Waals surface area contributed by atoms with Gasteiger partial charge < -0.3 is 14.8 Å². The zero-order valence-electron chi connectivity index (χ0n) is 14.8. The number of hydrogen-bond acceptors (Lipinski definition) is 6. The van der Waals surface area contributed by atoms with Gasteiger partial charge in [0.1, 0.15) is 5.39 Å². The molecular weight excluding hydrogens is 350 g/mol. The Morgan fingerprint density at radius 1 is 1.30 bits per heavy atom. The third-order valence-corrected chi connectivity index (χ3v) is 4.47. The molecule has 9 heteroatoms. The van der Waals surface area contributed by atoms with E-state index < -0.39 is 0 Å². The summed E-state index contributed by atoms with van der Waals surface area (Å²) in [5, 5.41) is 7.34. The van der Waals surface area contributed by atoms with E-state index in [4.69, 9.17) is 9.47 Å². The highest BCUT2D eigenvalue weighted by Gasteiger charge is 2.13. The molecule has 9 nitrogen and oxygen atoms in total. The lowest BCUT2D eigenvalue weighted by Crippen LogP contribution is -2.29. The van der Waals surface area contributed by atoms with E-state index in [1.54, 1.807) is 11.7 Å². The largest absolute Gasteiger partial charge is 0.454 e. The number of fused-ring (bicyclic) bond motifs is 2. The number of benzene rings is 1. The van der Waals surface area contributed by atoms with Crippen molar-refractivity contribution in [2.24, 2.45) is 7.05 Å². The molecule has 1 aliphatic rings. The first kappa shape index (κ1) is 17.1. The first-order valence-electron chi connectivity index (χ1n) is 8.64. The minimum Gasteiger partial charge on any atom is -0.454 e. The van der Waals surface area contributed by atoms with Crippen molar-refractivity contribution in [2.75, 3.05) is 13.3 Å². The Labute approximate surface area is 154 Å². The first-order valence-corrected chi connectivity index (χ1v) is 8.64. The van der Waals surface area contributed by atoms with E-state index in [9.17, 15) is 9.59 Å². The molecule has 0 aliphatic carbocycles. The van der Waals surface area contributed by atoms with Crippen molar-refractivity contribution >= 4 is 16.9 Å². The van der Waals surface area contributed by atoms with Gasteiger partial charge in [0.15, 0.2) is 17.1 Å². The highest BCUT2D eigenvalue weighted by atomic mass is 16.7.